The number of hydrogen-bond donors (Lipinski definition) is 1. The van der Waals surface area contributed by atoms with Crippen LogP contribution in [-0.2, 0) is 16.1 Å². The number of amides is 1. The Morgan fingerprint density at radius 1 is 1.11 bits per heavy atom. The van der Waals surface area contributed by atoms with Gasteiger partial charge in [0.2, 0.25) is 0 Å². The van der Waals surface area contributed by atoms with Crippen molar-refractivity contribution >= 4 is 34.2 Å². The van der Waals surface area contributed by atoms with Crippen molar-refractivity contribution in [1.82, 2.24) is 15.1 Å². The van der Waals surface area contributed by atoms with Gasteiger partial charge in [-0.25, -0.2) is 9.89 Å². The number of ether oxygens (including phenoxy) is 1. The van der Waals surface area contributed by atoms with Gasteiger partial charge in [-0.3, -0.25) is 9.59 Å². The van der Waals surface area contributed by atoms with E-state index in [1.165, 1.54) is 4.90 Å². The van der Waals surface area contributed by atoms with Crippen molar-refractivity contribution in [3.63, 3.8) is 0 Å². The molecule has 7 nitrogen and oxygen atoms in total. The van der Waals surface area contributed by atoms with E-state index < -0.39 is 18.1 Å². The first-order valence-corrected chi connectivity index (χ1v) is 8.46. The Labute approximate surface area is 159 Å². The number of carbonyl (C=O) groups excluding carboxylic acids is 2. The van der Waals surface area contributed by atoms with Crippen molar-refractivity contribution in [3.05, 3.63) is 75.2 Å². The summed E-state index contributed by atoms with van der Waals surface area (Å²) >= 11 is 5.84. The van der Waals surface area contributed by atoms with Crippen LogP contribution in [0.25, 0.3) is 10.8 Å². The first-order chi connectivity index (χ1) is 13.0. The molecular weight excluding hydrogens is 370 g/mol. The molecule has 0 radical (unpaired) electrons. The van der Waals surface area contributed by atoms with E-state index in [-0.39, 0.29) is 11.6 Å². The van der Waals surface area contributed by atoms with Crippen LogP contribution in [0.4, 0.5) is 0 Å². The fourth-order valence-electron chi connectivity index (χ4n) is 2.53. The summed E-state index contributed by atoms with van der Waals surface area (Å²) in [6.45, 7) is -0.0779. The normalized spacial score (nSPS) is 10.6. The molecule has 1 heterocycles. The summed E-state index contributed by atoms with van der Waals surface area (Å²) in [6, 6.07) is 13.7. The number of hydrogen-bond acceptors (Lipinski definition) is 5. The molecule has 0 unspecified atom stereocenters. The quantitative estimate of drug-likeness (QED) is 0.681. The van der Waals surface area contributed by atoms with Crippen LogP contribution in [0.1, 0.15) is 16.1 Å². The molecule has 0 aliphatic rings. The minimum Gasteiger partial charge on any atom is -0.451 e. The van der Waals surface area contributed by atoms with Gasteiger partial charge < -0.3 is 9.64 Å². The summed E-state index contributed by atoms with van der Waals surface area (Å²) in [4.78, 5) is 37.7. The van der Waals surface area contributed by atoms with Gasteiger partial charge in [-0.05, 0) is 23.8 Å². The molecular formula is C19H16ClN3O4. The highest BCUT2D eigenvalue weighted by atomic mass is 35.5. The van der Waals surface area contributed by atoms with E-state index in [9.17, 15) is 14.4 Å². The highest BCUT2D eigenvalue weighted by Gasteiger charge is 2.18. The van der Waals surface area contributed by atoms with Gasteiger partial charge in [-0.1, -0.05) is 41.9 Å². The number of carbonyl (C=O) groups is 2. The second-order valence-corrected chi connectivity index (χ2v) is 6.34. The molecule has 0 aliphatic heterocycles. The first kappa shape index (κ1) is 18.6. The zero-order valence-electron chi connectivity index (χ0n) is 14.4. The van der Waals surface area contributed by atoms with E-state index in [4.69, 9.17) is 16.3 Å². The average Bonchev–Trinajstić information content (AvgIpc) is 2.68. The molecule has 3 aromatic rings. The number of aromatic nitrogens is 2. The standard InChI is InChI=1S/C19H16ClN3O4/c1-23(10-12-6-8-13(20)9-7-12)16(24)11-27-19(26)17-14-4-2-3-5-15(14)18(25)22-21-17/h2-9H,10-11H2,1H3,(H,22,25). The van der Waals surface area contributed by atoms with Crippen LogP contribution < -0.4 is 5.56 Å². The van der Waals surface area contributed by atoms with Crippen LogP contribution >= 0.6 is 11.6 Å². The number of aromatic amines is 1. The Bertz CT molecular complexity index is 1050. The van der Waals surface area contributed by atoms with E-state index in [0.29, 0.717) is 22.3 Å². The van der Waals surface area contributed by atoms with Crippen molar-refractivity contribution < 1.29 is 14.3 Å². The number of halogens is 1. The summed E-state index contributed by atoms with van der Waals surface area (Å²) in [7, 11) is 1.61. The molecule has 8 heteroatoms. The molecule has 0 fully saturated rings. The Balaban J connectivity index is 1.65. The molecule has 0 saturated heterocycles. The lowest BCUT2D eigenvalue weighted by molar-refractivity contribution is -0.133. The predicted octanol–water partition coefficient (Wildman–Crippen LogP) is 2.39. The number of esters is 1. The van der Waals surface area contributed by atoms with Gasteiger partial charge in [0.15, 0.2) is 12.3 Å². The monoisotopic (exact) mass is 385 g/mol. The zero-order chi connectivity index (χ0) is 19.4. The fraction of sp³-hybridized carbons (Fsp3) is 0.158. The van der Waals surface area contributed by atoms with Gasteiger partial charge in [0, 0.05) is 24.0 Å². The SMILES string of the molecule is CN(Cc1ccc(Cl)cc1)C(=O)COC(=O)c1n[nH]c(=O)c2ccccc12. The van der Waals surface area contributed by atoms with Gasteiger partial charge in [0.25, 0.3) is 11.5 Å². The number of rotatable bonds is 5. The highest BCUT2D eigenvalue weighted by Crippen LogP contribution is 2.14. The van der Waals surface area contributed by atoms with Crippen LogP contribution in [0.15, 0.2) is 53.3 Å². The van der Waals surface area contributed by atoms with E-state index in [1.807, 2.05) is 12.1 Å². The molecule has 2 aromatic carbocycles. The molecule has 0 atom stereocenters. The van der Waals surface area contributed by atoms with Gasteiger partial charge >= 0.3 is 5.97 Å². The Morgan fingerprint density at radius 3 is 2.48 bits per heavy atom. The maximum Gasteiger partial charge on any atom is 0.359 e. The Hall–Kier alpha value is -3.19. The Morgan fingerprint density at radius 2 is 1.78 bits per heavy atom. The van der Waals surface area contributed by atoms with E-state index in [1.54, 1.807) is 43.4 Å². The smallest absolute Gasteiger partial charge is 0.359 e. The second-order valence-electron chi connectivity index (χ2n) is 5.90. The molecule has 138 valence electrons. The van der Waals surface area contributed by atoms with Crippen LogP contribution in [0, 0.1) is 0 Å². The van der Waals surface area contributed by atoms with Gasteiger partial charge in [0.05, 0.1) is 5.39 Å². The van der Waals surface area contributed by atoms with Crippen molar-refractivity contribution in [1.29, 1.82) is 0 Å². The number of nitrogens with zero attached hydrogens (tertiary/aromatic N) is 2. The van der Waals surface area contributed by atoms with Crippen LogP contribution in [0.5, 0.6) is 0 Å². The highest BCUT2D eigenvalue weighted by molar-refractivity contribution is 6.30. The van der Waals surface area contributed by atoms with Gasteiger partial charge in [-0.2, -0.15) is 5.10 Å². The topological polar surface area (TPSA) is 92.4 Å². The van der Waals surface area contributed by atoms with Crippen molar-refractivity contribution in [2.45, 2.75) is 6.54 Å². The van der Waals surface area contributed by atoms with Crippen molar-refractivity contribution in [3.8, 4) is 0 Å². The van der Waals surface area contributed by atoms with Crippen LogP contribution in [0.3, 0.4) is 0 Å². The molecule has 1 amide bonds. The molecule has 0 aliphatic carbocycles. The summed E-state index contributed by atoms with van der Waals surface area (Å²) in [5, 5.41) is 7.32. The number of benzene rings is 2. The van der Waals surface area contributed by atoms with E-state index in [0.717, 1.165) is 5.56 Å². The minimum atomic E-state index is -0.782. The second kappa shape index (κ2) is 8.01. The third-order valence-electron chi connectivity index (χ3n) is 3.97. The molecule has 0 saturated carbocycles. The number of fused-ring (bicyclic) bond motifs is 1. The fourth-order valence-corrected chi connectivity index (χ4v) is 2.65. The first-order valence-electron chi connectivity index (χ1n) is 8.08. The summed E-state index contributed by atoms with van der Waals surface area (Å²) < 4.78 is 5.08. The molecule has 1 aromatic heterocycles. The summed E-state index contributed by atoms with van der Waals surface area (Å²) in [5.74, 6) is -1.15. The van der Waals surface area contributed by atoms with Crippen molar-refractivity contribution in [2.24, 2.45) is 0 Å². The van der Waals surface area contributed by atoms with Crippen LogP contribution in [0.2, 0.25) is 5.02 Å². The molecule has 1 N–H and O–H groups in total. The largest absolute Gasteiger partial charge is 0.451 e. The summed E-state index contributed by atoms with van der Waals surface area (Å²) in [6.07, 6.45) is 0. The average molecular weight is 386 g/mol. The maximum atomic E-state index is 12.3. The van der Waals surface area contributed by atoms with Crippen molar-refractivity contribution in [2.75, 3.05) is 13.7 Å². The third-order valence-corrected chi connectivity index (χ3v) is 4.23. The zero-order valence-corrected chi connectivity index (χ0v) is 15.2. The number of nitrogens with one attached hydrogen (secondary N) is 1. The molecule has 3 rings (SSSR count). The maximum absolute atomic E-state index is 12.3. The van der Waals surface area contributed by atoms with Gasteiger partial charge in [0.1, 0.15) is 0 Å². The van der Waals surface area contributed by atoms with E-state index in [2.05, 4.69) is 10.2 Å². The number of H-pyrrole nitrogens is 1. The van der Waals surface area contributed by atoms with Crippen LogP contribution in [-0.4, -0.2) is 40.6 Å². The summed E-state index contributed by atoms with van der Waals surface area (Å²) in [5.41, 5.74) is 0.453. The molecule has 0 spiro atoms. The van der Waals surface area contributed by atoms with E-state index >= 15 is 0 Å². The Kier molecular flexibility index (Phi) is 5.52. The number of likely N-dealkylation sites (N-methyl/N-ethyl adjacent to an activating group) is 1. The molecule has 0 bridgehead atoms. The lowest BCUT2D eigenvalue weighted by Gasteiger charge is -2.17. The lowest BCUT2D eigenvalue weighted by atomic mass is 10.1. The lowest BCUT2D eigenvalue weighted by Crippen LogP contribution is -2.31. The third kappa shape index (κ3) is 4.32. The minimum absolute atomic E-state index is 0.0432. The predicted molar refractivity (Wildman–Crippen MR) is 101 cm³/mol. The molecule has 27 heavy (non-hydrogen) atoms. The van der Waals surface area contributed by atoms with Gasteiger partial charge in [-0.15, -0.1) is 0 Å².